The topological polar surface area (TPSA) is 66.4 Å². The van der Waals surface area contributed by atoms with E-state index in [4.69, 9.17) is 5.11 Å². The zero-order chi connectivity index (χ0) is 15.5. The van der Waals surface area contributed by atoms with Crippen LogP contribution in [0, 0.1) is 18.2 Å². The highest BCUT2D eigenvalue weighted by Crippen LogP contribution is 2.50. The summed E-state index contributed by atoms with van der Waals surface area (Å²) in [5.41, 5.74) is 0.856. The van der Waals surface area contributed by atoms with E-state index in [2.05, 4.69) is 5.32 Å². The van der Waals surface area contributed by atoms with Gasteiger partial charge in [0.2, 0.25) is 5.91 Å². The Kier molecular flexibility index (Phi) is 4.88. The number of benzene rings is 1. The number of nitrogens with one attached hydrogen (secondary N) is 1. The second kappa shape index (κ2) is 6.47. The molecule has 21 heavy (non-hydrogen) atoms. The molecule has 1 aliphatic carbocycles. The van der Waals surface area contributed by atoms with E-state index < -0.39 is 5.97 Å². The normalized spacial score (nSPS) is 15.5. The van der Waals surface area contributed by atoms with Gasteiger partial charge in [-0.1, -0.05) is 6.07 Å². The number of carbonyl (C=O) groups is 2. The number of carboxylic acids is 1. The molecule has 1 aromatic carbocycles. The minimum absolute atomic E-state index is 0.118. The maximum Gasteiger partial charge on any atom is 0.303 e. The summed E-state index contributed by atoms with van der Waals surface area (Å²) in [7, 11) is 0. The summed E-state index contributed by atoms with van der Waals surface area (Å²) < 4.78 is 13.4. The van der Waals surface area contributed by atoms with Crippen molar-refractivity contribution in [1.82, 2.24) is 0 Å². The Balaban J connectivity index is 1.75. The van der Waals surface area contributed by atoms with Crippen molar-refractivity contribution in [1.29, 1.82) is 0 Å². The summed E-state index contributed by atoms with van der Waals surface area (Å²) in [4.78, 5) is 22.5. The van der Waals surface area contributed by atoms with Crippen molar-refractivity contribution in [3.05, 3.63) is 29.6 Å². The molecule has 0 atom stereocenters. The third-order valence-electron chi connectivity index (χ3n) is 3.58. The van der Waals surface area contributed by atoms with Crippen molar-refractivity contribution < 1.29 is 19.1 Å². The zero-order valence-corrected chi connectivity index (χ0v) is 12.6. The molecule has 0 bridgehead atoms. The molecule has 2 rings (SSSR count). The molecule has 0 aromatic heterocycles. The molecule has 1 saturated carbocycles. The smallest absolute Gasteiger partial charge is 0.303 e. The van der Waals surface area contributed by atoms with Crippen LogP contribution in [0.4, 0.5) is 10.1 Å². The third-order valence-corrected chi connectivity index (χ3v) is 4.86. The van der Waals surface area contributed by atoms with E-state index in [1.54, 1.807) is 19.1 Å². The first-order valence-electron chi connectivity index (χ1n) is 6.76. The molecule has 0 saturated heterocycles. The van der Waals surface area contributed by atoms with E-state index in [1.807, 2.05) is 0 Å². The molecule has 4 nitrogen and oxygen atoms in total. The maximum absolute atomic E-state index is 13.4. The van der Waals surface area contributed by atoms with E-state index in [0.29, 0.717) is 17.0 Å². The molecule has 0 aliphatic heterocycles. The molecule has 2 N–H and O–H groups in total. The lowest BCUT2D eigenvalue weighted by atomic mass is 10.1. The van der Waals surface area contributed by atoms with Crippen LogP contribution in [0.2, 0.25) is 0 Å². The number of aliphatic carboxylic acids is 1. The first-order chi connectivity index (χ1) is 9.90. The van der Waals surface area contributed by atoms with Crippen molar-refractivity contribution >= 4 is 29.3 Å². The number of carboxylic acid groups (broad SMARTS) is 1. The van der Waals surface area contributed by atoms with Crippen LogP contribution in [0.1, 0.15) is 24.8 Å². The minimum atomic E-state index is -0.785. The van der Waals surface area contributed by atoms with Crippen LogP contribution < -0.4 is 5.32 Å². The van der Waals surface area contributed by atoms with Crippen molar-refractivity contribution in [2.75, 3.05) is 16.8 Å². The number of hydrogen-bond acceptors (Lipinski definition) is 3. The van der Waals surface area contributed by atoms with Gasteiger partial charge in [-0.05, 0) is 48.6 Å². The Labute approximate surface area is 127 Å². The van der Waals surface area contributed by atoms with Gasteiger partial charge in [0, 0.05) is 5.69 Å². The zero-order valence-electron chi connectivity index (χ0n) is 11.8. The Morgan fingerprint density at radius 3 is 2.71 bits per heavy atom. The van der Waals surface area contributed by atoms with Crippen LogP contribution in [-0.4, -0.2) is 28.5 Å². The fourth-order valence-corrected chi connectivity index (χ4v) is 3.28. The number of aryl methyl sites for hydroxylation is 1. The van der Waals surface area contributed by atoms with Crippen molar-refractivity contribution in [3.8, 4) is 0 Å². The predicted molar refractivity (Wildman–Crippen MR) is 81.0 cm³/mol. The summed E-state index contributed by atoms with van der Waals surface area (Å²) in [5.74, 6) is -0.410. The van der Waals surface area contributed by atoms with E-state index in [-0.39, 0.29) is 29.3 Å². The average molecular weight is 311 g/mol. The lowest BCUT2D eigenvalue weighted by Crippen LogP contribution is -2.17. The Morgan fingerprint density at radius 1 is 1.43 bits per heavy atom. The monoisotopic (exact) mass is 311 g/mol. The highest BCUT2D eigenvalue weighted by Gasteiger charge is 2.44. The lowest BCUT2D eigenvalue weighted by Gasteiger charge is -2.11. The number of amides is 1. The van der Waals surface area contributed by atoms with Crippen LogP contribution in [0.25, 0.3) is 0 Å². The number of halogens is 1. The average Bonchev–Trinajstić information content (AvgIpc) is 3.13. The van der Waals surface area contributed by atoms with Gasteiger partial charge in [-0.2, -0.15) is 11.8 Å². The van der Waals surface area contributed by atoms with Crippen LogP contribution in [0.5, 0.6) is 0 Å². The fourth-order valence-electron chi connectivity index (χ4n) is 2.10. The minimum Gasteiger partial charge on any atom is -0.481 e. The third kappa shape index (κ3) is 4.74. The molecule has 0 spiro atoms. The largest absolute Gasteiger partial charge is 0.481 e. The van der Waals surface area contributed by atoms with Crippen LogP contribution in [-0.2, 0) is 9.59 Å². The second-order valence-electron chi connectivity index (χ2n) is 5.58. The van der Waals surface area contributed by atoms with Gasteiger partial charge in [-0.3, -0.25) is 9.59 Å². The Hall–Kier alpha value is -1.56. The van der Waals surface area contributed by atoms with Gasteiger partial charge in [0.25, 0.3) is 0 Å². The molecule has 1 aliphatic rings. The fraction of sp³-hybridized carbons (Fsp3) is 0.467. The van der Waals surface area contributed by atoms with Crippen LogP contribution >= 0.6 is 11.8 Å². The molecule has 0 unspecified atom stereocenters. The Bertz CT molecular complexity index is 558. The summed E-state index contributed by atoms with van der Waals surface area (Å²) in [6, 6.07) is 4.57. The highest BCUT2D eigenvalue weighted by molar-refractivity contribution is 8.00. The molecular weight excluding hydrogens is 293 g/mol. The number of carbonyl (C=O) groups excluding carboxylic acids is 1. The van der Waals surface area contributed by atoms with E-state index in [1.165, 1.54) is 17.8 Å². The van der Waals surface area contributed by atoms with Gasteiger partial charge in [0.05, 0.1) is 12.2 Å². The van der Waals surface area contributed by atoms with E-state index >= 15 is 0 Å². The number of anilines is 1. The first-order valence-corrected chi connectivity index (χ1v) is 7.91. The van der Waals surface area contributed by atoms with Gasteiger partial charge >= 0.3 is 5.97 Å². The molecule has 1 amide bonds. The van der Waals surface area contributed by atoms with Crippen molar-refractivity contribution in [3.63, 3.8) is 0 Å². The van der Waals surface area contributed by atoms with Crippen molar-refractivity contribution in [2.24, 2.45) is 5.41 Å². The van der Waals surface area contributed by atoms with Gasteiger partial charge in [-0.25, -0.2) is 4.39 Å². The Morgan fingerprint density at radius 2 is 2.14 bits per heavy atom. The van der Waals surface area contributed by atoms with Gasteiger partial charge in [0.1, 0.15) is 5.82 Å². The molecule has 0 heterocycles. The second-order valence-corrected chi connectivity index (χ2v) is 6.56. The molecule has 6 heteroatoms. The SMILES string of the molecule is Cc1ccc(NC(=O)CSCC2(CC(=O)O)CC2)cc1F. The standard InChI is InChI=1S/C15H18FNO3S/c1-10-2-3-11(6-12(10)16)17-13(18)8-21-9-15(4-5-15)7-14(19)20/h2-3,6H,4-5,7-9H2,1H3,(H,17,18)(H,19,20). The van der Waals surface area contributed by atoms with E-state index in [0.717, 1.165) is 12.8 Å². The van der Waals surface area contributed by atoms with Crippen molar-refractivity contribution in [2.45, 2.75) is 26.2 Å². The summed E-state index contributed by atoms with van der Waals surface area (Å²) >= 11 is 1.43. The molecule has 114 valence electrons. The number of thioether (sulfide) groups is 1. The quantitative estimate of drug-likeness (QED) is 0.812. The molecule has 1 aromatic rings. The summed E-state index contributed by atoms with van der Waals surface area (Å²) in [5, 5.41) is 11.5. The first kappa shape index (κ1) is 15.8. The summed E-state index contributed by atoms with van der Waals surface area (Å²) in [6.45, 7) is 1.66. The molecular formula is C15H18FNO3S. The predicted octanol–water partition coefficient (Wildman–Crippen LogP) is 3.06. The van der Waals surface area contributed by atoms with Crippen LogP contribution in [0.15, 0.2) is 18.2 Å². The number of hydrogen-bond donors (Lipinski definition) is 2. The van der Waals surface area contributed by atoms with Gasteiger partial charge in [0.15, 0.2) is 0 Å². The maximum atomic E-state index is 13.4. The van der Waals surface area contributed by atoms with Crippen LogP contribution in [0.3, 0.4) is 0 Å². The molecule has 0 radical (unpaired) electrons. The van der Waals surface area contributed by atoms with Gasteiger partial charge < -0.3 is 10.4 Å². The molecule has 1 fully saturated rings. The van der Waals surface area contributed by atoms with E-state index in [9.17, 15) is 14.0 Å². The lowest BCUT2D eigenvalue weighted by molar-refractivity contribution is -0.138. The summed E-state index contributed by atoms with van der Waals surface area (Å²) in [6.07, 6.45) is 2.00. The van der Waals surface area contributed by atoms with Gasteiger partial charge in [-0.15, -0.1) is 0 Å². The number of rotatable bonds is 7. The highest BCUT2D eigenvalue weighted by atomic mass is 32.2.